The van der Waals surface area contributed by atoms with Crippen molar-refractivity contribution in [2.24, 2.45) is 10.9 Å². The van der Waals surface area contributed by atoms with E-state index in [9.17, 15) is 0 Å². The molecule has 0 aromatic carbocycles. The predicted molar refractivity (Wildman–Crippen MR) is 43.8 cm³/mol. The van der Waals surface area contributed by atoms with Gasteiger partial charge in [0.25, 0.3) is 0 Å². The summed E-state index contributed by atoms with van der Waals surface area (Å²) in [5, 5.41) is 3.38. The van der Waals surface area contributed by atoms with E-state index in [4.69, 9.17) is 5.84 Å². The van der Waals surface area contributed by atoms with Crippen LogP contribution in [0.15, 0.2) is 21.0 Å². The van der Waals surface area contributed by atoms with E-state index in [2.05, 4.69) is 21.0 Å². The zero-order valence-electron chi connectivity index (χ0n) is 4.54. The summed E-state index contributed by atoms with van der Waals surface area (Å²) in [7, 11) is 0. The Bertz CT molecular complexity index is 218. The maximum Gasteiger partial charge on any atom is 0.0705 e. The Morgan fingerprint density at radius 3 is 2.89 bits per heavy atom. The second-order valence-electron chi connectivity index (χ2n) is 1.42. The number of hydrogen-bond acceptors (Lipinski definition) is 3. The fourth-order valence-electron chi connectivity index (χ4n) is 0.471. The Balaban J connectivity index is 2.85. The van der Waals surface area contributed by atoms with Crippen LogP contribution in [0.2, 0.25) is 0 Å². The van der Waals surface area contributed by atoms with Crippen LogP contribution < -0.4 is 5.84 Å². The average molecular weight is 205 g/mol. The minimum Gasteiger partial charge on any atom is -0.323 e. The van der Waals surface area contributed by atoms with Gasteiger partial charge < -0.3 is 5.84 Å². The highest BCUT2D eigenvalue weighted by Gasteiger charge is 1.90. The molecule has 2 nitrogen and oxygen atoms in total. The van der Waals surface area contributed by atoms with Crippen molar-refractivity contribution in [3.63, 3.8) is 0 Å². The molecule has 0 fully saturated rings. The first-order valence-corrected chi connectivity index (χ1v) is 3.92. The first kappa shape index (κ1) is 6.77. The molecule has 0 atom stereocenters. The molecule has 0 spiro atoms. The lowest BCUT2D eigenvalue weighted by Crippen LogP contribution is -1.80. The van der Waals surface area contributed by atoms with Gasteiger partial charge in [0.2, 0.25) is 0 Å². The van der Waals surface area contributed by atoms with Gasteiger partial charge in [-0.3, -0.25) is 0 Å². The molecule has 0 bridgehead atoms. The maximum atomic E-state index is 4.93. The van der Waals surface area contributed by atoms with Crippen molar-refractivity contribution >= 4 is 33.5 Å². The normalized spacial score (nSPS) is 10.8. The lowest BCUT2D eigenvalue weighted by molar-refractivity contribution is 1.27. The average Bonchev–Trinajstić information content (AvgIpc) is 2.17. The Labute approximate surface area is 65.5 Å². The summed E-state index contributed by atoms with van der Waals surface area (Å²) in [6, 6.07) is 3.91. The van der Waals surface area contributed by atoms with E-state index in [1.54, 1.807) is 17.6 Å². The van der Waals surface area contributed by atoms with Gasteiger partial charge in [-0.15, -0.1) is 11.3 Å². The molecular formula is C5H5BrN2S. The number of nitrogens with two attached hydrogens (primary N) is 1. The van der Waals surface area contributed by atoms with Gasteiger partial charge in [-0.05, 0) is 28.1 Å². The van der Waals surface area contributed by atoms with Crippen LogP contribution >= 0.6 is 27.3 Å². The van der Waals surface area contributed by atoms with Crippen LogP contribution in [-0.4, -0.2) is 6.21 Å². The number of hydrogen-bond donors (Lipinski definition) is 1. The Morgan fingerprint density at radius 1 is 1.67 bits per heavy atom. The molecule has 1 rings (SSSR count). The minimum absolute atomic E-state index is 1.06. The summed E-state index contributed by atoms with van der Waals surface area (Å²) >= 11 is 4.92. The number of thiophene rings is 1. The number of hydrazone groups is 1. The van der Waals surface area contributed by atoms with E-state index >= 15 is 0 Å². The molecule has 48 valence electrons. The van der Waals surface area contributed by atoms with Crippen LogP contribution in [0.25, 0.3) is 0 Å². The van der Waals surface area contributed by atoms with Crippen LogP contribution in [0.5, 0.6) is 0 Å². The highest BCUT2D eigenvalue weighted by Crippen LogP contribution is 2.20. The molecule has 0 radical (unpaired) electrons. The van der Waals surface area contributed by atoms with Gasteiger partial charge in [-0.1, -0.05) is 0 Å². The van der Waals surface area contributed by atoms with Gasteiger partial charge in [-0.2, -0.15) is 5.10 Å². The summed E-state index contributed by atoms with van der Waals surface area (Å²) in [5.74, 6) is 4.93. The smallest absolute Gasteiger partial charge is 0.0705 e. The summed E-state index contributed by atoms with van der Waals surface area (Å²) in [4.78, 5) is 1.06. The molecule has 0 saturated heterocycles. The quantitative estimate of drug-likeness (QED) is 0.423. The zero-order valence-corrected chi connectivity index (χ0v) is 6.95. The third-order valence-corrected chi connectivity index (χ3v) is 2.35. The SMILES string of the molecule is N/N=C/c1ccc(Br)s1. The largest absolute Gasteiger partial charge is 0.323 e. The molecule has 1 aromatic rings. The van der Waals surface area contributed by atoms with Crippen LogP contribution in [-0.2, 0) is 0 Å². The van der Waals surface area contributed by atoms with Gasteiger partial charge >= 0.3 is 0 Å². The van der Waals surface area contributed by atoms with Gasteiger partial charge in [0, 0.05) is 4.88 Å². The van der Waals surface area contributed by atoms with Gasteiger partial charge in [-0.25, -0.2) is 0 Å². The molecule has 0 amide bonds. The predicted octanol–water partition coefficient (Wildman–Crippen LogP) is 1.80. The van der Waals surface area contributed by atoms with Crippen LogP contribution in [0, 0.1) is 0 Å². The molecular weight excluding hydrogens is 200 g/mol. The van der Waals surface area contributed by atoms with E-state index in [0.29, 0.717) is 0 Å². The third-order valence-electron chi connectivity index (χ3n) is 0.796. The monoisotopic (exact) mass is 204 g/mol. The van der Waals surface area contributed by atoms with Crippen LogP contribution in [0.3, 0.4) is 0 Å². The third kappa shape index (κ3) is 1.80. The van der Waals surface area contributed by atoms with E-state index in [0.717, 1.165) is 8.66 Å². The molecule has 1 aromatic heterocycles. The molecule has 9 heavy (non-hydrogen) atoms. The summed E-state index contributed by atoms with van der Waals surface area (Å²) < 4.78 is 1.09. The highest BCUT2D eigenvalue weighted by molar-refractivity contribution is 9.11. The topological polar surface area (TPSA) is 38.4 Å². The van der Waals surface area contributed by atoms with Gasteiger partial charge in [0.05, 0.1) is 10.0 Å². The Morgan fingerprint density at radius 2 is 2.44 bits per heavy atom. The minimum atomic E-state index is 1.06. The van der Waals surface area contributed by atoms with Crippen molar-refractivity contribution in [3.05, 3.63) is 20.8 Å². The van der Waals surface area contributed by atoms with E-state index in [1.807, 2.05) is 12.1 Å². The second kappa shape index (κ2) is 2.98. The summed E-state index contributed by atoms with van der Waals surface area (Å²) in [5.41, 5.74) is 0. The molecule has 0 aliphatic rings. The molecule has 0 unspecified atom stereocenters. The molecule has 2 N–H and O–H groups in total. The fourth-order valence-corrected chi connectivity index (χ4v) is 1.77. The first-order chi connectivity index (χ1) is 4.33. The Hall–Kier alpha value is -0.350. The number of rotatable bonds is 1. The van der Waals surface area contributed by atoms with Crippen molar-refractivity contribution in [3.8, 4) is 0 Å². The number of nitrogens with zero attached hydrogens (tertiary/aromatic N) is 1. The lowest BCUT2D eigenvalue weighted by atomic mass is 10.5. The van der Waals surface area contributed by atoms with E-state index in [1.165, 1.54) is 0 Å². The summed E-state index contributed by atoms with van der Waals surface area (Å²) in [6.45, 7) is 0. The van der Waals surface area contributed by atoms with Crippen molar-refractivity contribution in [2.75, 3.05) is 0 Å². The molecule has 0 saturated carbocycles. The molecule has 4 heteroatoms. The van der Waals surface area contributed by atoms with Crippen LogP contribution in [0.1, 0.15) is 4.88 Å². The number of halogens is 1. The molecule has 0 aliphatic carbocycles. The first-order valence-electron chi connectivity index (χ1n) is 2.31. The lowest BCUT2D eigenvalue weighted by Gasteiger charge is -1.75. The zero-order chi connectivity index (χ0) is 6.69. The second-order valence-corrected chi connectivity index (χ2v) is 3.91. The summed E-state index contributed by atoms with van der Waals surface area (Å²) in [6.07, 6.45) is 1.62. The van der Waals surface area contributed by atoms with Crippen molar-refractivity contribution in [1.82, 2.24) is 0 Å². The van der Waals surface area contributed by atoms with Crippen molar-refractivity contribution in [2.45, 2.75) is 0 Å². The Kier molecular flexibility index (Phi) is 2.24. The van der Waals surface area contributed by atoms with Crippen LogP contribution in [0.4, 0.5) is 0 Å². The molecule has 0 aliphatic heterocycles. The highest BCUT2D eigenvalue weighted by atomic mass is 79.9. The van der Waals surface area contributed by atoms with E-state index in [-0.39, 0.29) is 0 Å². The van der Waals surface area contributed by atoms with Gasteiger partial charge in [0.15, 0.2) is 0 Å². The van der Waals surface area contributed by atoms with Crippen molar-refractivity contribution < 1.29 is 0 Å². The van der Waals surface area contributed by atoms with Gasteiger partial charge in [0.1, 0.15) is 0 Å². The maximum absolute atomic E-state index is 4.93. The van der Waals surface area contributed by atoms with Crippen molar-refractivity contribution in [1.29, 1.82) is 0 Å². The fraction of sp³-hybridized carbons (Fsp3) is 0. The van der Waals surface area contributed by atoms with E-state index < -0.39 is 0 Å². The standard InChI is InChI=1S/C5H5BrN2S/c6-5-2-1-4(9-5)3-8-7/h1-3H,7H2/b8-3+. The molecule has 1 heterocycles.